The van der Waals surface area contributed by atoms with Gasteiger partial charge in [0, 0.05) is 13.1 Å². The highest BCUT2D eigenvalue weighted by Gasteiger charge is 2.21. The van der Waals surface area contributed by atoms with Gasteiger partial charge in [0.05, 0.1) is 11.8 Å². The molecule has 1 saturated heterocycles. The van der Waals surface area contributed by atoms with E-state index in [0.717, 1.165) is 30.6 Å². The summed E-state index contributed by atoms with van der Waals surface area (Å²) in [7, 11) is 0. The number of carbonyl (C=O) groups is 1. The van der Waals surface area contributed by atoms with Gasteiger partial charge in [-0.2, -0.15) is 4.68 Å². The highest BCUT2D eigenvalue weighted by molar-refractivity contribution is 5.76. The lowest BCUT2D eigenvalue weighted by atomic mass is 10.3. The first-order valence-corrected chi connectivity index (χ1v) is 6.55. The fraction of sp³-hybridized carbons (Fsp3) is 0.462. The van der Waals surface area contributed by atoms with Crippen molar-refractivity contribution in [3.05, 3.63) is 28.6 Å². The number of likely N-dealkylation sites (tertiary alicyclic amines) is 1. The maximum atomic E-state index is 12.0. The molecule has 0 unspecified atom stereocenters. The average molecular weight is 277 g/mol. The third kappa shape index (κ3) is 2.26. The summed E-state index contributed by atoms with van der Waals surface area (Å²) in [4.78, 5) is 25.5. The maximum absolute atomic E-state index is 12.0. The number of hydrogen-bond acceptors (Lipinski definition) is 5. The van der Waals surface area contributed by atoms with Crippen LogP contribution < -0.4 is 5.76 Å². The van der Waals surface area contributed by atoms with Gasteiger partial charge >= 0.3 is 5.76 Å². The zero-order valence-electron chi connectivity index (χ0n) is 11.2. The Kier molecular flexibility index (Phi) is 3.17. The van der Waals surface area contributed by atoms with Crippen LogP contribution in [-0.4, -0.2) is 33.7 Å². The van der Waals surface area contributed by atoms with Crippen LogP contribution in [0.3, 0.4) is 0 Å². The minimum Gasteiger partial charge on any atom is -0.469 e. The summed E-state index contributed by atoms with van der Waals surface area (Å²) in [6.07, 6.45) is 3.52. The first-order chi connectivity index (χ1) is 9.65. The van der Waals surface area contributed by atoms with Crippen LogP contribution in [0.2, 0.25) is 0 Å². The van der Waals surface area contributed by atoms with Gasteiger partial charge in [-0.25, -0.2) is 4.79 Å². The number of carbonyl (C=O) groups excluding carboxylic acids is 1. The van der Waals surface area contributed by atoms with E-state index in [1.807, 2.05) is 0 Å². The van der Waals surface area contributed by atoms with Crippen LogP contribution >= 0.6 is 0 Å². The standard InChI is InChI=1S/C13H15N3O4/c1-9-10(4-7-19-9)12-14-16(13(18)20-12)8-11(17)15-5-2-3-6-15/h4,7H,2-3,5-6,8H2,1H3. The lowest BCUT2D eigenvalue weighted by Gasteiger charge is -2.13. The summed E-state index contributed by atoms with van der Waals surface area (Å²) in [5, 5.41) is 4.05. The predicted octanol–water partition coefficient (Wildman–Crippen LogP) is 1.03. The van der Waals surface area contributed by atoms with E-state index >= 15 is 0 Å². The summed E-state index contributed by atoms with van der Waals surface area (Å²) < 4.78 is 11.3. The van der Waals surface area contributed by atoms with Crippen LogP contribution in [0.5, 0.6) is 0 Å². The largest absolute Gasteiger partial charge is 0.469 e. The van der Waals surface area contributed by atoms with Crippen LogP contribution in [0, 0.1) is 6.92 Å². The second-order valence-electron chi connectivity index (χ2n) is 4.81. The molecule has 1 aliphatic heterocycles. The number of furan rings is 1. The Hall–Kier alpha value is -2.31. The normalized spacial score (nSPS) is 14.9. The summed E-state index contributed by atoms with van der Waals surface area (Å²) in [6, 6.07) is 1.67. The molecule has 0 saturated carbocycles. The third-order valence-electron chi connectivity index (χ3n) is 3.44. The number of amides is 1. The minimum atomic E-state index is -0.631. The average Bonchev–Trinajstić information content (AvgIpc) is 3.11. The molecule has 3 heterocycles. The van der Waals surface area contributed by atoms with Crippen LogP contribution in [0.4, 0.5) is 0 Å². The molecule has 3 rings (SSSR count). The molecule has 1 amide bonds. The number of aromatic nitrogens is 2. The molecule has 7 heteroatoms. The van der Waals surface area contributed by atoms with Gasteiger partial charge < -0.3 is 13.7 Å². The van der Waals surface area contributed by atoms with Crippen molar-refractivity contribution in [2.24, 2.45) is 0 Å². The Bertz CT molecular complexity index is 676. The van der Waals surface area contributed by atoms with Gasteiger partial charge in [-0.3, -0.25) is 4.79 Å². The Balaban J connectivity index is 1.81. The fourth-order valence-corrected chi connectivity index (χ4v) is 2.32. The topological polar surface area (TPSA) is 81.5 Å². The molecule has 0 spiro atoms. The van der Waals surface area contributed by atoms with Crippen molar-refractivity contribution < 1.29 is 13.6 Å². The zero-order valence-corrected chi connectivity index (χ0v) is 11.2. The van der Waals surface area contributed by atoms with Crippen molar-refractivity contribution in [2.75, 3.05) is 13.1 Å². The molecule has 2 aromatic heterocycles. The molecular weight excluding hydrogens is 262 g/mol. The molecule has 0 atom stereocenters. The highest BCUT2D eigenvalue weighted by atomic mass is 16.4. The molecule has 0 bridgehead atoms. The van der Waals surface area contributed by atoms with Gasteiger partial charge in [0.2, 0.25) is 5.91 Å². The van der Waals surface area contributed by atoms with Gasteiger partial charge in [0.25, 0.3) is 5.89 Å². The van der Waals surface area contributed by atoms with Gasteiger partial charge in [0.1, 0.15) is 12.3 Å². The Labute approximate surface area is 114 Å². The lowest BCUT2D eigenvalue weighted by Crippen LogP contribution is -2.34. The van der Waals surface area contributed by atoms with E-state index < -0.39 is 5.76 Å². The van der Waals surface area contributed by atoms with Crippen molar-refractivity contribution in [1.29, 1.82) is 0 Å². The summed E-state index contributed by atoms with van der Waals surface area (Å²) in [5.74, 6) is 0.0567. The van der Waals surface area contributed by atoms with Crippen LogP contribution in [-0.2, 0) is 11.3 Å². The van der Waals surface area contributed by atoms with E-state index in [1.54, 1.807) is 17.9 Å². The van der Waals surface area contributed by atoms with Crippen molar-refractivity contribution in [3.63, 3.8) is 0 Å². The summed E-state index contributed by atoms with van der Waals surface area (Å²) in [5.41, 5.74) is 0.620. The Morgan fingerprint density at radius 3 is 2.80 bits per heavy atom. The number of aryl methyl sites for hydroxylation is 1. The minimum absolute atomic E-state index is 0.0841. The van der Waals surface area contributed by atoms with Gasteiger partial charge in [-0.15, -0.1) is 5.10 Å². The second-order valence-corrected chi connectivity index (χ2v) is 4.81. The summed E-state index contributed by atoms with van der Waals surface area (Å²) >= 11 is 0. The molecular formula is C13H15N3O4. The maximum Gasteiger partial charge on any atom is 0.437 e. The van der Waals surface area contributed by atoms with Gasteiger partial charge in [-0.05, 0) is 25.8 Å². The Morgan fingerprint density at radius 1 is 1.40 bits per heavy atom. The van der Waals surface area contributed by atoms with Crippen LogP contribution in [0.1, 0.15) is 18.6 Å². The van der Waals surface area contributed by atoms with Crippen molar-refractivity contribution in [3.8, 4) is 11.5 Å². The molecule has 0 N–H and O–H groups in total. The molecule has 1 fully saturated rings. The molecule has 0 aromatic carbocycles. The molecule has 1 aliphatic rings. The molecule has 106 valence electrons. The zero-order chi connectivity index (χ0) is 14.1. The number of rotatable bonds is 3. The highest BCUT2D eigenvalue weighted by Crippen LogP contribution is 2.20. The van der Waals surface area contributed by atoms with E-state index in [1.165, 1.54) is 6.26 Å². The monoisotopic (exact) mass is 277 g/mol. The number of hydrogen-bond donors (Lipinski definition) is 0. The lowest BCUT2D eigenvalue weighted by molar-refractivity contribution is -0.131. The molecule has 2 aromatic rings. The van der Waals surface area contributed by atoms with E-state index in [-0.39, 0.29) is 18.3 Å². The van der Waals surface area contributed by atoms with Crippen molar-refractivity contribution in [1.82, 2.24) is 14.7 Å². The van der Waals surface area contributed by atoms with Gasteiger partial charge in [0.15, 0.2) is 0 Å². The third-order valence-corrected chi connectivity index (χ3v) is 3.44. The van der Waals surface area contributed by atoms with E-state index in [9.17, 15) is 9.59 Å². The van der Waals surface area contributed by atoms with E-state index in [4.69, 9.17) is 8.83 Å². The van der Waals surface area contributed by atoms with Crippen molar-refractivity contribution in [2.45, 2.75) is 26.3 Å². The Morgan fingerprint density at radius 2 is 2.15 bits per heavy atom. The summed E-state index contributed by atoms with van der Waals surface area (Å²) in [6.45, 7) is 3.17. The van der Waals surface area contributed by atoms with E-state index in [0.29, 0.717) is 11.3 Å². The predicted molar refractivity (Wildman–Crippen MR) is 69.0 cm³/mol. The first-order valence-electron chi connectivity index (χ1n) is 6.55. The molecule has 0 radical (unpaired) electrons. The number of nitrogens with zero attached hydrogens (tertiary/aromatic N) is 3. The second kappa shape index (κ2) is 4.99. The van der Waals surface area contributed by atoms with Crippen molar-refractivity contribution >= 4 is 5.91 Å². The molecule has 20 heavy (non-hydrogen) atoms. The fourth-order valence-electron chi connectivity index (χ4n) is 2.32. The smallest absolute Gasteiger partial charge is 0.437 e. The first kappa shape index (κ1) is 12.7. The van der Waals surface area contributed by atoms with Crippen LogP contribution in [0.15, 0.2) is 26.0 Å². The van der Waals surface area contributed by atoms with E-state index in [2.05, 4.69) is 5.10 Å². The molecule has 0 aliphatic carbocycles. The van der Waals surface area contributed by atoms with Crippen LogP contribution in [0.25, 0.3) is 11.5 Å². The SMILES string of the molecule is Cc1occc1-c1nn(CC(=O)N2CCCC2)c(=O)o1. The quantitative estimate of drug-likeness (QED) is 0.836. The van der Waals surface area contributed by atoms with Gasteiger partial charge in [-0.1, -0.05) is 0 Å². The molecule has 7 nitrogen and oxygen atoms in total.